The van der Waals surface area contributed by atoms with Crippen LogP contribution in [0.5, 0.6) is 0 Å². The van der Waals surface area contributed by atoms with E-state index in [1.54, 1.807) is 0 Å². The molecule has 3 N–H and O–H groups in total. The van der Waals surface area contributed by atoms with Gasteiger partial charge >= 0.3 is 6.03 Å². The molecule has 1 saturated carbocycles. The summed E-state index contributed by atoms with van der Waals surface area (Å²) in [6, 6.07) is 0.419. The minimum absolute atomic E-state index is 0.0203. The van der Waals surface area contributed by atoms with Gasteiger partial charge in [-0.1, -0.05) is 12.8 Å². The van der Waals surface area contributed by atoms with E-state index < -0.39 is 0 Å². The second-order valence-corrected chi connectivity index (χ2v) is 5.14. The predicted octanol–water partition coefficient (Wildman–Crippen LogP) is 0.687. The minimum Gasteiger partial charge on any atom is -0.370 e. The molecule has 1 saturated heterocycles. The second kappa shape index (κ2) is 5.69. The first-order chi connectivity index (χ1) is 8.19. The molecule has 2 rings (SSSR count). The van der Waals surface area contributed by atoms with Crippen LogP contribution in [0.4, 0.5) is 4.79 Å². The van der Waals surface area contributed by atoms with Crippen molar-refractivity contribution in [1.82, 2.24) is 10.2 Å². The number of nitrogens with one attached hydrogen (secondary N) is 1. The average molecular weight is 241 g/mol. The Morgan fingerprint density at radius 3 is 2.76 bits per heavy atom. The van der Waals surface area contributed by atoms with E-state index in [1.807, 2.05) is 11.8 Å². The van der Waals surface area contributed by atoms with Gasteiger partial charge in [0.2, 0.25) is 0 Å². The highest BCUT2D eigenvalue weighted by atomic mass is 16.5. The fourth-order valence-corrected chi connectivity index (χ4v) is 2.68. The lowest BCUT2D eigenvalue weighted by molar-refractivity contribution is -0.0589. The molecule has 2 atom stereocenters. The molecule has 2 fully saturated rings. The number of morpholine rings is 1. The number of nitrogens with two attached hydrogens (primary N) is 1. The van der Waals surface area contributed by atoms with Gasteiger partial charge in [0.05, 0.1) is 12.2 Å². The Balaban J connectivity index is 1.84. The van der Waals surface area contributed by atoms with Crippen molar-refractivity contribution in [3.63, 3.8) is 0 Å². The molecule has 0 spiro atoms. The Morgan fingerprint density at radius 2 is 2.12 bits per heavy atom. The quantitative estimate of drug-likeness (QED) is 0.747. The lowest BCUT2D eigenvalue weighted by Crippen LogP contribution is -2.55. The summed E-state index contributed by atoms with van der Waals surface area (Å²) >= 11 is 0. The van der Waals surface area contributed by atoms with E-state index in [1.165, 1.54) is 12.8 Å². The second-order valence-electron chi connectivity index (χ2n) is 5.14. The van der Waals surface area contributed by atoms with Crippen LogP contribution in [0.3, 0.4) is 0 Å². The van der Waals surface area contributed by atoms with Crippen LogP contribution in [0.25, 0.3) is 0 Å². The van der Waals surface area contributed by atoms with Gasteiger partial charge < -0.3 is 20.7 Å². The van der Waals surface area contributed by atoms with Crippen LogP contribution in [-0.4, -0.2) is 48.8 Å². The molecule has 0 bridgehead atoms. The number of urea groups is 1. The number of ether oxygens (including phenoxy) is 1. The molecule has 1 aliphatic carbocycles. The zero-order valence-corrected chi connectivity index (χ0v) is 10.5. The van der Waals surface area contributed by atoms with Gasteiger partial charge in [-0.2, -0.15) is 0 Å². The highest BCUT2D eigenvalue weighted by Crippen LogP contribution is 2.18. The zero-order chi connectivity index (χ0) is 12.3. The number of amides is 2. The first-order valence-electron chi connectivity index (χ1n) is 6.60. The van der Waals surface area contributed by atoms with Crippen LogP contribution in [0, 0.1) is 0 Å². The highest BCUT2D eigenvalue weighted by Gasteiger charge is 2.29. The van der Waals surface area contributed by atoms with Crippen molar-refractivity contribution in [2.75, 3.05) is 19.6 Å². The Bertz CT molecular complexity index is 266. The van der Waals surface area contributed by atoms with E-state index in [2.05, 4.69) is 5.32 Å². The Kier molecular flexibility index (Phi) is 4.23. The lowest BCUT2D eigenvalue weighted by Gasteiger charge is -2.36. The predicted molar refractivity (Wildman–Crippen MR) is 65.8 cm³/mol. The summed E-state index contributed by atoms with van der Waals surface area (Å²) in [4.78, 5) is 13.9. The van der Waals surface area contributed by atoms with Crippen LogP contribution < -0.4 is 11.1 Å². The third-order valence-electron chi connectivity index (χ3n) is 3.56. The maximum absolute atomic E-state index is 12.1. The van der Waals surface area contributed by atoms with Gasteiger partial charge in [-0.3, -0.25) is 0 Å². The highest BCUT2D eigenvalue weighted by molar-refractivity contribution is 5.74. The molecule has 17 heavy (non-hydrogen) atoms. The molecule has 5 nitrogen and oxygen atoms in total. The number of hydrogen-bond donors (Lipinski definition) is 2. The first kappa shape index (κ1) is 12.6. The molecule has 0 aromatic carbocycles. The fraction of sp³-hybridized carbons (Fsp3) is 0.917. The Hall–Kier alpha value is -0.810. The monoisotopic (exact) mass is 241 g/mol. The van der Waals surface area contributed by atoms with Crippen molar-refractivity contribution in [1.29, 1.82) is 0 Å². The van der Waals surface area contributed by atoms with Gasteiger partial charge in [0.25, 0.3) is 0 Å². The van der Waals surface area contributed by atoms with Gasteiger partial charge in [0.1, 0.15) is 0 Å². The summed E-state index contributed by atoms with van der Waals surface area (Å²) in [5, 5.41) is 3.10. The lowest BCUT2D eigenvalue weighted by atomic mass is 10.2. The number of carbonyl (C=O) groups excluding carboxylic acids is 1. The molecule has 2 aliphatic rings. The molecular formula is C12H23N3O2. The van der Waals surface area contributed by atoms with E-state index in [9.17, 15) is 4.79 Å². The van der Waals surface area contributed by atoms with Crippen molar-refractivity contribution in [2.24, 2.45) is 5.73 Å². The van der Waals surface area contributed by atoms with Crippen LogP contribution in [-0.2, 0) is 4.74 Å². The van der Waals surface area contributed by atoms with Gasteiger partial charge in [-0.05, 0) is 19.8 Å². The molecule has 1 heterocycles. The summed E-state index contributed by atoms with van der Waals surface area (Å²) in [5.41, 5.74) is 5.61. The van der Waals surface area contributed by atoms with Crippen molar-refractivity contribution in [3.8, 4) is 0 Å². The standard InChI is InChI=1S/C12H23N3O2/c1-9-7-15(8-11(6-13)17-9)12(16)14-10-4-2-3-5-10/h9-11H,2-8,13H2,1H3,(H,14,16). The zero-order valence-electron chi connectivity index (χ0n) is 10.5. The maximum atomic E-state index is 12.1. The molecule has 0 aromatic rings. The molecule has 2 amide bonds. The van der Waals surface area contributed by atoms with E-state index in [0.717, 1.165) is 12.8 Å². The molecule has 0 radical (unpaired) electrons. The van der Waals surface area contributed by atoms with Crippen LogP contribution in [0.2, 0.25) is 0 Å². The van der Waals surface area contributed by atoms with E-state index >= 15 is 0 Å². The minimum atomic E-state index is -0.0203. The fourth-order valence-electron chi connectivity index (χ4n) is 2.68. The number of nitrogens with zero attached hydrogens (tertiary/aromatic N) is 1. The topological polar surface area (TPSA) is 67.6 Å². The average Bonchev–Trinajstić information content (AvgIpc) is 2.81. The van der Waals surface area contributed by atoms with Gasteiger partial charge in [0, 0.05) is 25.7 Å². The molecule has 0 aromatic heterocycles. The summed E-state index contributed by atoms with van der Waals surface area (Å²) in [7, 11) is 0. The largest absolute Gasteiger partial charge is 0.370 e. The number of hydrogen-bond acceptors (Lipinski definition) is 3. The molecule has 2 unspecified atom stereocenters. The van der Waals surface area contributed by atoms with E-state index in [0.29, 0.717) is 25.7 Å². The third-order valence-corrected chi connectivity index (χ3v) is 3.56. The van der Waals surface area contributed by atoms with E-state index in [4.69, 9.17) is 10.5 Å². The van der Waals surface area contributed by atoms with Crippen LogP contribution >= 0.6 is 0 Å². The number of rotatable bonds is 2. The summed E-state index contributed by atoms with van der Waals surface area (Å²) in [6.07, 6.45) is 4.75. The van der Waals surface area contributed by atoms with Gasteiger partial charge in [-0.25, -0.2) is 4.79 Å². The third kappa shape index (κ3) is 3.33. The first-order valence-corrected chi connectivity index (χ1v) is 6.60. The van der Waals surface area contributed by atoms with Crippen molar-refractivity contribution in [3.05, 3.63) is 0 Å². The van der Waals surface area contributed by atoms with Crippen molar-refractivity contribution >= 4 is 6.03 Å². The Morgan fingerprint density at radius 1 is 1.41 bits per heavy atom. The maximum Gasteiger partial charge on any atom is 0.317 e. The molecule has 5 heteroatoms. The van der Waals surface area contributed by atoms with Crippen molar-refractivity contribution in [2.45, 2.75) is 50.9 Å². The summed E-state index contributed by atoms with van der Waals surface area (Å²) in [5.74, 6) is 0. The van der Waals surface area contributed by atoms with Gasteiger partial charge in [-0.15, -0.1) is 0 Å². The normalized spacial score (nSPS) is 30.6. The summed E-state index contributed by atoms with van der Waals surface area (Å²) < 4.78 is 5.64. The molecule has 1 aliphatic heterocycles. The molecule has 98 valence electrons. The van der Waals surface area contributed by atoms with Crippen molar-refractivity contribution < 1.29 is 9.53 Å². The molecular weight excluding hydrogens is 218 g/mol. The Labute approximate surface area is 103 Å². The summed E-state index contributed by atoms with van der Waals surface area (Å²) in [6.45, 7) is 3.73. The van der Waals surface area contributed by atoms with E-state index in [-0.39, 0.29) is 18.2 Å². The SMILES string of the molecule is CC1CN(C(=O)NC2CCCC2)CC(CN)O1. The van der Waals surface area contributed by atoms with Crippen LogP contribution in [0.1, 0.15) is 32.6 Å². The smallest absolute Gasteiger partial charge is 0.317 e. The van der Waals surface area contributed by atoms with Crippen LogP contribution in [0.15, 0.2) is 0 Å². The number of carbonyl (C=O) groups is 1. The van der Waals surface area contributed by atoms with Gasteiger partial charge in [0.15, 0.2) is 0 Å².